The zero-order chi connectivity index (χ0) is 12.6. The van der Waals surface area contributed by atoms with Crippen molar-refractivity contribution in [1.29, 1.82) is 0 Å². The number of carbonyl (C=O) groups excluding carboxylic acids is 1. The van der Waals surface area contributed by atoms with E-state index in [2.05, 4.69) is 10.3 Å². The average Bonchev–Trinajstić information content (AvgIpc) is 2.45. The molecular formula is C13H18N2O2S. The minimum absolute atomic E-state index is 0.0457. The SMILES string of the molecule is O=C(NCCSC1CCOCC1)c1cccnc1. The summed E-state index contributed by atoms with van der Waals surface area (Å²) in [6, 6.07) is 3.54. The molecule has 1 fully saturated rings. The van der Waals surface area contributed by atoms with Crippen molar-refractivity contribution in [3.63, 3.8) is 0 Å². The Morgan fingerprint density at radius 2 is 2.33 bits per heavy atom. The highest BCUT2D eigenvalue weighted by molar-refractivity contribution is 7.99. The van der Waals surface area contributed by atoms with Gasteiger partial charge in [0, 0.05) is 43.2 Å². The second kappa shape index (κ2) is 7.38. The van der Waals surface area contributed by atoms with E-state index in [0.29, 0.717) is 17.4 Å². The molecule has 0 atom stereocenters. The summed E-state index contributed by atoms with van der Waals surface area (Å²) in [7, 11) is 0. The summed E-state index contributed by atoms with van der Waals surface area (Å²) in [6.07, 6.45) is 5.50. The van der Waals surface area contributed by atoms with E-state index >= 15 is 0 Å². The second-order valence-electron chi connectivity index (χ2n) is 4.18. The Morgan fingerprint density at radius 1 is 1.50 bits per heavy atom. The molecule has 1 N–H and O–H groups in total. The molecular weight excluding hydrogens is 248 g/mol. The lowest BCUT2D eigenvalue weighted by molar-refractivity contribution is 0.0954. The summed E-state index contributed by atoms with van der Waals surface area (Å²) in [5.41, 5.74) is 0.619. The van der Waals surface area contributed by atoms with Gasteiger partial charge in [-0.1, -0.05) is 0 Å². The first-order chi connectivity index (χ1) is 8.86. The van der Waals surface area contributed by atoms with E-state index in [9.17, 15) is 4.79 Å². The van der Waals surface area contributed by atoms with Crippen LogP contribution in [0.2, 0.25) is 0 Å². The number of carbonyl (C=O) groups is 1. The number of ether oxygens (including phenoxy) is 1. The minimum Gasteiger partial charge on any atom is -0.381 e. The minimum atomic E-state index is -0.0457. The van der Waals surface area contributed by atoms with E-state index < -0.39 is 0 Å². The van der Waals surface area contributed by atoms with E-state index in [0.717, 1.165) is 31.8 Å². The third kappa shape index (κ3) is 4.31. The number of nitrogens with one attached hydrogen (secondary N) is 1. The van der Waals surface area contributed by atoms with Crippen molar-refractivity contribution in [2.75, 3.05) is 25.5 Å². The fraction of sp³-hybridized carbons (Fsp3) is 0.538. The van der Waals surface area contributed by atoms with Crippen LogP contribution in [-0.4, -0.2) is 41.7 Å². The Labute approximate surface area is 112 Å². The molecule has 1 aromatic rings. The van der Waals surface area contributed by atoms with Crippen molar-refractivity contribution in [2.24, 2.45) is 0 Å². The molecule has 2 rings (SSSR count). The topological polar surface area (TPSA) is 51.2 Å². The number of rotatable bonds is 5. The molecule has 2 heterocycles. The normalized spacial score (nSPS) is 16.4. The van der Waals surface area contributed by atoms with Crippen LogP contribution in [0.5, 0.6) is 0 Å². The number of pyridine rings is 1. The van der Waals surface area contributed by atoms with E-state index in [-0.39, 0.29) is 5.91 Å². The molecule has 0 bridgehead atoms. The molecule has 0 aliphatic carbocycles. The fourth-order valence-electron chi connectivity index (χ4n) is 1.83. The lowest BCUT2D eigenvalue weighted by Gasteiger charge is -2.21. The van der Waals surface area contributed by atoms with Gasteiger partial charge >= 0.3 is 0 Å². The molecule has 4 nitrogen and oxygen atoms in total. The summed E-state index contributed by atoms with van der Waals surface area (Å²) in [5, 5.41) is 3.60. The molecule has 0 aromatic carbocycles. The summed E-state index contributed by atoms with van der Waals surface area (Å²) in [4.78, 5) is 15.6. The largest absolute Gasteiger partial charge is 0.381 e. The zero-order valence-electron chi connectivity index (χ0n) is 10.3. The molecule has 1 aliphatic heterocycles. The predicted octanol–water partition coefficient (Wildman–Crippen LogP) is 1.72. The van der Waals surface area contributed by atoms with Crippen molar-refractivity contribution < 1.29 is 9.53 Å². The van der Waals surface area contributed by atoms with Gasteiger partial charge in [-0.2, -0.15) is 11.8 Å². The Hall–Kier alpha value is -1.07. The van der Waals surface area contributed by atoms with Crippen LogP contribution in [0.1, 0.15) is 23.2 Å². The van der Waals surface area contributed by atoms with Crippen LogP contribution in [0.4, 0.5) is 0 Å². The monoisotopic (exact) mass is 266 g/mol. The zero-order valence-corrected chi connectivity index (χ0v) is 11.1. The molecule has 5 heteroatoms. The Balaban J connectivity index is 1.62. The highest BCUT2D eigenvalue weighted by Gasteiger charge is 2.13. The first-order valence-electron chi connectivity index (χ1n) is 6.24. The summed E-state index contributed by atoms with van der Waals surface area (Å²) >= 11 is 1.92. The van der Waals surface area contributed by atoms with Gasteiger partial charge in [-0.25, -0.2) is 0 Å². The third-order valence-corrected chi connectivity index (χ3v) is 4.22. The van der Waals surface area contributed by atoms with E-state index in [1.54, 1.807) is 24.5 Å². The van der Waals surface area contributed by atoms with Gasteiger partial charge < -0.3 is 10.1 Å². The van der Waals surface area contributed by atoms with Crippen LogP contribution in [-0.2, 0) is 4.74 Å². The van der Waals surface area contributed by atoms with Crippen LogP contribution in [0.3, 0.4) is 0 Å². The molecule has 98 valence electrons. The van der Waals surface area contributed by atoms with Crippen molar-refractivity contribution >= 4 is 17.7 Å². The van der Waals surface area contributed by atoms with Crippen molar-refractivity contribution in [3.05, 3.63) is 30.1 Å². The van der Waals surface area contributed by atoms with Crippen molar-refractivity contribution in [3.8, 4) is 0 Å². The second-order valence-corrected chi connectivity index (χ2v) is 5.59. The van der Waals surface area contributed by atoms with Gasteiger partial charge in [0.25, 0.3) is 5.91 Å². The molecule has 1 amide bonds. The van der Waals surface area contributed by atoms with Gasteiger partial charge in [0.2, 0.25) is 0 Å². The molecule has 0 unspecified atom stereocenters. The Bertz CT molecular complexity index is 367. The fourth-order valence-corrected chi connectivity index (χ4v) is 2.91. The van der Waals surface area contributed by atoms with Gasteiger partial charge in [-0.3, -0.25) is 9.78 Å². The highest BCUT2D eigenvalue weighted by atomic mass is 32.2. The van der Waals surface area contributed by atoms with E-state index in [1.165, 1.54) is 0 Å². The van der Waals surface area contributed by atoms with Crippen molar-refractivity contribution in [1.82, 2.24) is 10.3 Å². The number of amides is 1. The van der Waals surface area contributed by atoms with Gasteiger partial charge in [0.1, 0.15) is 0 Å². The van der Waals surface area contributed by atoms with Gasteiger partial charge in [-0.05, 0) is 25.0 Å². The van der Waals surface area contributed by atoms with Crippen LogP contribution < -0.4 is 5.32 Å². The maximum absolute atomic E-state index is 11.7. The number of aromatic nitrogens is 1. The average molecular weight is 266 g/mol. The van der Waals surface area contributed by atoms with Crippen LogP contribution in [0.15, 0.2) is 24.5 Å². The number of hydrogen-bond donors (Lipinski definition) is 1. The summed E-state index contributed by atoms with van der Waals surface area (Å²) in [6.45, 7) is 2.45. The lowest BCUT2D eigenvalue weighted by atomic mass is 10.2. The number of nitrogens with zero attached hydrogens (tertiary/aromatic N) is 1. The van der Waals surface area contributed by atoms with Gasteiger partial charge in [0.05, 0.1) is 5.56 Å². The van der Waals surface area contributed by atoms with Crippen LogP contribution in [0.25, 0.3) is 0 Å². The predicted molar refractivity (Wildman–Crippen MR) is 72.9 cm³/mol. The molecule has 1 aromatic heterocycles. The van der Waals surface area contributed by atoms with Crippen molar-refractivity contribution in [2.45, 2.75) is 18.1 Å². The summed E-state index contributed by atoms with van der Waals surface area (Å²) in [5.74, 6) is 0.909. The molecule has 0 radical (unpaired) electrons. The van der Waals surface area contributed by atoms with Gasteiger partial charge in [0.15, 0.2) is 0 Å². The van der Waals surface area contributed by atoms with Gasteiger partial charge in [-0.15, -0.1) is 0 Å². The quantitative estimate of drug-likeness (QED) is 0.825. The molecule has 1 saturated heterocycles. The molecule has 18 heavy (non-hydrogen) atoms. The maximum Gasteiger partial charge on any atom is 0.252 e. The Kier molecular flexibility index (Phi) is 5.48. The standard InChI is InChI=1S/C13H18N2O2S/c16-13(11-2-1-5-14-10-11)15-6-9-18-12-3-7-17-8-4-12/h1-2,5,10,12H,3-4,6-9H2,(H,15,16). The first-order valence-corrected chi connectivity index (χ1v) is 7.29. The smallest absolute Gasteiger partial charge is 0.252 e. The van der Waals surface area contributed by atoms with Crippen LogP contribution in [0, 0.1) is 0 Å². The molecule has 0 saturated carbocycles. The molecule has 0 spiro atoms. The Morgan fingerprint density at radius 3 is 3.06 bits per heavy atom. The van der Waals surface area contributed by atoms with E-state index in [4.69, 9.17) is 4.74 Å². The third-order valence-electron chi connectivity index (χ3n) is 2.83. The van der Waals surface area contributed by atoms with E-state index in [1.807, 2.05) is 11.8 Å². The number of hydrogen-bond acceptors (Lipinski definition) is 4. The lowest BCUT2D eigenvalue weighted by Crippen LogP contribution is -2.27. The highest BCUT2D eigenvalue weighted by Crippen LogP contribution is 2.21. The first kappa shape index (κ1) is 13.4. The summed E-state index contributed by atoms with van der Waals surface area (Å²) < 4.78 is 5.31. The number of thioether (sulfide) groups is 1. The maximum atomic E-state index is 11.7. The molecule has 1 aliphatic rings. The van der Waals surface area contributed by atoms with Crippen LogP contribution >= 0.6 is 11.8 Å².